The highest BCUT2D eigenvalue weighted by atomic mass is 32.1. The second-order valence-electron chi connectivity index (χ2n) is 6.86. The molecule has 0 saturated heterocycles. The summed E-state index contributed by atoms with van der Waals surface area (Å²) in [4.78, 5) is 4.24. The zero-order valence-corrected chi connectivity index (χ0v) is 15.2. The molecule has 1 aromatic carbocycles. The molecule has 5 rings (SSSR count). The van der Waals surface area contributed by atoms with Crippen molar-refractivity contribution < 1.29 is 9.50 Å². The second-order valence-corrected chi connectivity index (χ2v) is 7.77. The quantitative estimate of drug-likeness (QED) is 0.552. The first kappa shape index (κ1) is 16.5. The Morgan fingerprint density at radius 3 is 2.89 bits per heavy atom. The minimum Gasteiger partial charge on any atom is -0.391 e. The number of benzene rings is 1. The van der Waals surface area contributed by atoms with Crippen molar-refractivity contribution in [1.82, 2.24) is 15.2 Å². The van der Waals surface area contributed by atoms with Crippen LogP contribution in [0.4, 0.5) is 10.2 Å². The Morgan fingerprint density at radius 2 is 2.04 bits per heavy atom. The first-order valence-electron chi connectivity index (χ1n) is 8.93. The van der Waals surface area contributed by atoms with Gasteiger partial charge in [0.15, 0.2) is 5.82 Å². The number of thiophene rings is 1. The molecule has 1 aliphatic carbocycles. The van der Waals surface area contributed by atoms with Crippen LogP contribution in [0.5, 0.6) is 0 Å². The molecule has 0 aliphatic heterocycles. The SMILES string of the molecule is O[C@@H]1CCC[C@H]1Nc1nnc(-c2ccc3c(F)csc3c2)c2ccncc12. The van der Waals surface area contributed by atoms with Crippen molar-refractivity contribution in [3.63, 3.8) is 0 Å². The Hall–Kier alpha value is -2.64. The van der Waals surface area contributed by atoms with E-state index >= 15 is 0 Å². The van der Waals surface area contributed by atoms with E-state index in [1.165, 1.54) is 16.7 Å². The monoisotopic (exact) mass is 380 g/mol. The molecular weight excluding hydrogens is 363 g/mol. The Bertz CT molecular complexity index is 1150. The molecule has 7 heteroatoms. The highest BCUT2D eigenvalue weighted by Gasteiger charge is 2.26. The number of hydrogen-bond acceptors (Lipinski definition) is 6. The van der Waals surface area contributed by atoms with Gasteiger partial charge in [0.05, 0.1) is 12.1 Å². The highest BCUT2D eigenvalue weighted by Crippen LogP contribution is 2.34. The van der Waals surface area contributed by atoms with E-state index < -0.39 is 0 Å². The molecule has 3 aromatic heterocycles. The maximum Gasteiger partial charge on any atom is 0.158 e. The minimum atomic E-state index is -0.366. The van der Waals surface area contributed by atoms with Crippen LogP contribution in [0.1, 0.15) is 19.3 Å². The number of aliphatic hydroxyl groups is 1. The largest absolute Gasteiger partial charge is 0.391 e. The van der Waals surface area contributed by atoms with Gasteiger partial charge in [0.2, 0.25) is 0 Å². The molecule has 5 nitrogen and oxygen atoms in total. The minimum absolute atomic E-state index is 0.0148. The number of hydrogen-bond donors (Lipinski definition) is 2. The zero-order chi connectivity index (χ0) is 18.4. The standard InChI is InChI=1S/C20H17FN4OS/c21-15-10-27-18-8-11(4-5-13(15)18)19-12-6-7-22-9-14(12)20(25-24-19)23-16-2-1-3-17(16)26/h4-10,16-17,26H,1-3H2,(H,23,25)/t16-,17-/m1/s1. The number of aromatic nitrogens is 3. The lowest BCUT2D eigenvalue weighted by Crippen LogP contribution is -2.28. The van der Waals surface area contributed by atoms with E-state index in [0.29, 0.717) is 11.2 Å². The Morgan fingerprint density at radius 1 is 1.11 bits per heavy atom. The third kappa shape index (κ3) is 2.83. The van der Waals surface area contributed by atoms with E-state index in [9.17, 15) is 9.50 Å². The molecule has 0 spiro atoms. The van der Waals surface area contributed by atoms with Gasteiger partial charge in [0.1, 0.15) is 11.5 Å². The number of fused-ring (bicyclic) bond motifs is 2. The van der Waals surface area contributed by atoms with Gasteiger partial charge in [-0.2, -0.15) is 0 Å². The predicted octanol–water partition coefficient (Wildman–Crippen LogP) is 4.37. The summed E-state index contributed by atoms with van der Waals surface area (Å²) in [7, 11) is 0. The lowest BCUT2D eigenvalue weighted by Gasteiger charge is -2.18. The van der Waals surface area contributed by atoms with E-state index in [-0.39, 0.29) is 18.0 Å². The molecule has 0 amide bonds. The zero-order valence-electron chi connectivity index (χ0n) is 14.4. The maximum atomic E-state index is 13.8. The number of anilines is 1. The second kappa shape index (κ2) is 6.51. The topological polar surface area (TPSA) is 70.9 Å². The van der Waals surface area contributed by atoms with E-state index in [0.717, 1.165) is 46.0 Å². The van der Waals surface area contributed by atoms with Crippen LogP contribution in [0.25, 0.3) is 32.1 Å². The van der Waals surface area contributed by atoms with Crippen LogP contribution in [0.3, 0.4) is 0 Å². The van der Waals surface area contributed by atoms with Gasteiger partial charge in [-0.25, -0.2) is 4.39 Å². The fourth-order valence-electron chi connectivity index (χ4n) is 3.74. The number of aliphatic hydroxyl groups excluding tert-OH is 1. The molecule has 3 heterocycles. The van der Waals surface area contributed by atoms with Crippen molar-refractivity contribution in [2.75, 3.05) is 5.32 Å². The van der Waals surface area contributed by atoms with Crippen molar-refractivity contribution >= 4 is 38.0 Å². The van der Waals surface area contributed by atoms with Gasteiger partial charge in [0.25, 0.3) is 0 Å². The summed E-state index contributed by atoms with van der Waals surface area (Å²) < 4.78 is 14.6. The lowest BCUT2D eigenvalue weighted by molar-refractivity contribution is 0.171. The van der Waals surface area contributed by atoms with Crippen LogP contribution in [-0.4, -0.2) is 32.4 Å². The van der Waals surface area contributed by atoms with Crippen molar-refractivity contribution in [3.05, 3.63) is 47.9 Å². The summed E-state index contributed by atoms with van der Waals surface area (Å²) in [5.41, 5.74) is 1.63. The summed E-state index contributed by atoms with van der Waals surface area (Å²) in [5, 5.41) is 26.2. The van der Waals surface area contributed by atoms with Crippen LogP contribution >= 0.6 is 11.3 Å². The molecule has 1 fully saturated rings. The Labute approximate surface area is 158 Å². The number of nitrogens with zero attached hydrogens (tertiary/aromatic N) is 3. The Balaban J connectivity index is 1.61. The van der Waals surface area contributed by atoms with Crippen LogP contribution in [0, 0.1) is 5.82 Å². The van der Waals surface area contributed by atoms with Crippen LogP contribution in [0.15, 0.2) is 42.0 Å². The summed E-state index contributed by atoms with van der Waals surface area (Å²) in [6, 6.07) is 7.50. The molecule has 4 aromatic rings. The lowest BCUT2D eigenvalue weighted by atomic mass is 10.0. The molecule has 27 heavy (non-hydrogen) atoms. The average Bonchev–Trinajstić information content (AvgIpc) is 3.27. The molecule has 2 atom stereocenters. The van der Waals surface area contributed by atoms with Crippen molar-refractivity contribution in [2.24, 2.45) is 0 Å². The number of pyridine rings is 1. The number of rotatable bonds is 3. The average molecular weight is 380 g/mol. The molecule has 1 saturated carbocycles. The Kier molecular flexibility index (Phi) is 3.98. The normalized spacial score (nSPS) is 19.8. The van der Waals surface area contributed by atoms with Gasteiger partial charge in [-0.15, -0.1) is 21.5 Å². The van der Waals surface area contributed by atoms with Gasteiger partial charge in [-0.1, -0.05) is 6.07 Å². The van der Waals surface area contributed by atoms with Gasteiger partial charge in [-0.3, -0.25) is 4.98 Å². The molecule has 2 N–H and O–H groups in total. The van der Waals surface area contributed by atoms with E-state index in [2.05, 4.69) is 20.5 Å². The summed E-state index contributed by atoms with van der Waals surface area (Å²) in [6.07, 6.45) is 5.84. The number of nitrogens with one attached hydrogen (secondary N) is 1. The van der Waals surface area contributed by atoms with Crippen molar-refractivity contribution in [3.8, 4) is 11.3 Å². The first-order chi connectivity index (χ1) is 13.2. The van der Waals surface area contributed by atoms with Gasteiger partial charge in [-0.05, 0) is 37.5 Å². The molecule has 0 radical (unpaired) electrons. The molecular formula is C20H17FN4OS. The third-order valence-corrected chi connectivity index (χ3v) is 6.10. The maximum absolute atomic E-state index is 13.8. The van der Waals surface area contributed by atoms with Crippen molar-refractivity contribution in [2.45, 2.75) is 31.4 Å². The molecule has 1 aliphatic rings. The first-order valence-corrected chi connectivity index (χ1v) is 9.81. The van der Waals surface area contributed by atoms with Gasteiger partial charge < -0.3 is 10.4 Å². The fourth-order valence-corrected chi connectivity index (χ4v) is 4.59. The van der Waals surface area contributed by atoms with E-state index in [1.807, 2.05) is 18.2 Å². The summed E-state index contributed by atoms with van der Waals surface area (Å²) in [6.45, 7) is 0. The third-order valence-electron chi connectivity index (χ3n) is 5.18. The molecule has 0 unspecified atom stereocenters. The highest BCUT2D eigenvalue weighted by molar-refractivity contribution is 7.17. The van der Waals surface area contributed by atoms with Gasteiger partial charge in [0, 0.05) is 44.2 Å². The molecule has 0 bridgehead atoms. The summed E-state index contributed by atoms with van der Waals surface area (Å²) in [5.74, 6) is 0.437. The van der Waals surface area contributed by atoms with E-state index in [1.54, 1.807) is 18.5 Å². The number of halogens is 1. The van der Waals surface area contributed by atoms with Crippen LogP contribution in [0.2, 0.25) is 0 Å². The van der Waals surface area contributed by atoms with Crippen molar-refractivity contribution in [1.29, 1.82) is 0 Å². The van der Waals surface area contributed by atoms with E-state index in [4.69, 9.17) is 0 Å². The van der Waals surface area contributed by atoms with Crippen LogP contribution < -0.4 is 5.32 Å². The van der Waals surface area contributed by atoms with Crippen LogP contribution in [-0.2, 0) is 0 Å². The smallest absolute Gasteiger partial charge is 0.158 e. The molecule has 136 valence electrons. The fraction of sp³-hybridized carbons (Fsp3) is 0.250. The summed E-state index contributed by atoms with van der Waals surface area (Å²) >= 11 is 1.38. The predicted molar refractivity (Wildman–Crippen MR) is 105 cm³/mol. The van der Waals surface area contributed by atoms with Gasteiger partial charge >= 0.3 is 0 Å².